The highest BCUT2D eigenvalue weighted by molar-refractivity contribution is 7.89. The minimum absolute atomic E-state index is 0.0402. The smallest absolute Gasteiger partial charge is 0.217 e. The highest BCUT2D eigenvalue weighted by Gasteiger charge is 2.37. The van der Waals surface area contributed by atoms with Crippen LogP contribution in [0.25, 0.3) is 0 Å². The Morgan fingerprint density at radius 3 is 2.52 bits per heavy atom. The van der Waals surface area contributed by atoms with Gasteiger partial charge in [-0.1, -0.05) is 18.2 Å². The Hall–Kier alpha value is -2.12. The molecule has 0 amide bonds. The number of ether oxygens (including phenoxy) is 2. The normalized spacial score (nSPS) is 15.8. The third-order valence-corrected chi connectivity index (χ3v) is 5.27. The lowest BCUT2D eigenvalue weighted by Crippen LogP contribution is -2.56. The molecule has 1 fully saturated rings. The number of pyridine rings is 1. The van der Waals surface area contributed by atoms with Crippen LogP contribution in [0.4, 0.5) is 0 Å². The Balaban J connectivity index is 1.43. The molecular formula is C16H18N2O4S. The van der Waals surface area contributed by atoms with Crippen molar-refractivity contribution in [2.24, 2.45) is 0 Å². The van der Waals surface area contributed by atoms with Gasteiger partial charge in [0.15, 0.2) is 0 Å². The molecule has 2 aromatic rings. The van der Waals surface area contributed by atoms with Gasteiger partial charge in [-0.05, 0) is 24.3 Å². The van der Waals surface area contributed by atoms with Crippen LogP contribution >= 0.6 is 0 Å². The zero-order valence-electron chi connectivity index (χ0n) is 12.5. The molecule has 0 N–H and O–H groups in total. The van der Waals surface area contributed by atoms with E-state index >= 15 is 0 Å². The first-order valence-electron chi connectivity index (χ1n) is 7.36. The van der Waals surface area contributed by atoms with Crippen molar-refractivity contribution in [3.8, 4) is 11.5 Å². The first kappa shape index (κ1) is 15.8. The number of aromatic nitrogens is 1. The summed E-state index contributed by atoms with van der Waals surface area (Å²) in [6.45, 7) is 0.863. The lowest BCUT2D eigenvalue weighted by molar-refractivity contribution is 0.0756. The minimum atomic E-state index is -3.31. The van der Waals surface area contributed by atoms with Gasteiger partial charge in [0, 0.05) is 6.20 Å². The molecule has 0 radical (unpaired) electrons. The van der Waals surface area contributed by atoms with Crippen molar-refractivity contribution < 1.29 is 17.9 Å². The van der Waals surface area contributed by atoms with Gasteiger partial charge in [0.1, 0.15) is 24.2 Å². The van der Waals surface area contributed by atoms with Crippen LogP contribution in [0.1, 0.15) is 0 Å². The molecule has 0 unspecified atom stereocenters. The average molecular weight is 334 g/mol. The maximum atomic E-state index is 12.2. The fourth-order valence-corrected chi connectivity index (χ4v) is 3.56. The SMILES string of the molecule is O=S(=O)(CCOc1ccccc1)N1CC(Oc2cccnc2)C1. The average Bonchev–Trinajstić information content (AvgIpc) is 2.52. The monoisotopic (exact) mass is 334 g/mol. The van der Waals surface area contributed by atoms with Gasteiger partial charge in [-0.3, -0.25) is 4.98 Å². The van der Waals surface area contributed by atoms with Crippen molar-refractivity contribution in [2.75, 3.05) is 25.4 Å². The maximum Gasteiger partial charge on any atom is 0.217 e. The number of nitrogens with zero attached hydrogens (tertiary/aromatic N) is 2. The molecule has 7 heteroatoms. The van der Waals surface area contributed by atoms with Gasteiger partial charge in [0.05, 0.1) is 25.0 Å². The third-order valence-electron chi connectivity index (χ3n) is 3.50. The molecule has 0 atom stereocenters. The van der Waals surface area contributed by atoms with Crippen LogP contribution in [0.5, 0.6) is 11.5 Å². The second-order valence-electron chi connectivity index (χ2n) is 5.22. The van der Waals surface area contributed by atoms with Gasteiger partial charge in [-0.15, -0.1) is 0 Å². The Morgan fingerprint density at radius 1 is 1.09 bits per heavy atom. The molecule has 0 bridgehead atoms. The van der Waals surface area contributed by atoms with E-state index in [4.69, 9.17) is 9.47 Å². The van der Waals surface area contributed by atoms with E-state index in [9.17, 15) is 8.42 Å². The second kappa shape index (κ2) is 6.97. The topological polar surface area (TPSA) is 68.7 Å². The van der Waals surface area contributed by atoms with E-state index < -0.39 is 10.0 Å². The summed E-state index contributed by atoms with van der Waals surface area (Å²) < 4.78 is 36.9. The van der Waals surface area contributed by atoms with Crippen LogP contribution in [0, 0.1) is 0 Å². The molecule has 1 aromatic heterocycles. The van der Waals surface area contributed by atoms with Gasteiger partial charge < -0.3 is 9.47 Å². The zero-order chi connectivity index (χ0) is 16.1. The van der Waals surface area contributed by atoms with Crippen LogP contribution in [-0.2, 0) is 10.0 Å². The molecule has 1 aliphatic heterocycles. The number of hydrogen-bond donors (Lipinski definition) is 0. The number of rotatable bonds is 7. The van der Waals surface area contributed by atoms with Gasteiger partial charge in [0.25, 0.3) is 0 Å². The van der Waals surface area contributed by atoms with Crippen molar-refractivity contribution in [2.45, 2.75) is 6.10 Å². The highest BCUT2D eigenvalue weighted by Crippen LogP contribution is 2.20. The van der Waals surface area contributed by atoms with E-state index in [0.717, 1.165) is 0 Å². The fourth-order valence-electron chi connectivity index (χ4n) is 2.22. The number of sulfonamides is 1. The van der Waals surface area contributed by atoms with Crippen LogP contribution < -0.4 is 9.47 Å². The lowest BCUT2D eigenvalue weighted by atomic mass is 10.2. The van der Waals surface area contributed by atoms with Crippen LogP contribution in [0.15, 0.2) is 54.9 Å². The maximum absolute atomic E-state index is 12.2. The Kier molecular flexibility index (Phi) is 4.78. The third kappa shape index (κ3) is 4.20. The molecule has 0 saturated carbocycles. The van der Waals surface area contributed by atoms with E-state index in [2.05, 4.69) is 4.98 Å². The summed E-state index contributed by atoms with van der Waals surface area (Å²) in [5.74, 6) is 1.28. The summed E-state index contributed by atoms with van der Waals surface area (Å²) in [6.07, 6.45) is 3.16. The van der Waals surface area contributed by atoms with Crippen molar-refractivity contribution in [3.63, 3.8) is 0 Å². The standard InChI is InChI=1S/C16H18N2O4S/c19-23(20,10-9-21-14-5-2-1-3-6-14)18-12-16(13-18)22-15-7-4-8-17-11-15/h1-8,11,16H,9-10,12-13H2. The van der Waals surface area contributed by atoms with E-state index in [0.29, 0.717) is 24.6 Å². The lowest BCUT2D eigenvalue weighted by Gasteiger charge is -2.37. The van der Waals surface area contributed by atoms with E-state index in [1.54, 1.807) is 36.7 Å². The van der Waals surface area contributed by atoms with Gasteiger partial charge in [-0.2, -0.15) is 4.31 Å². The van der Waals surface area contributed by atoms with Crippen LogP contribution in [0.3, 0.4) is 0 Å². The molecule has 0 spiro atoms. The Bertz CT molecular complexity index is 716. The van der Waals surface area contributed by atoms with E-state index in [-0.39, 0.29) is 18.5 Å². The first-order valence-corrected chi connectivity index (χ1v) is 8.97. The molecule has 23 heavy (non-hydrogen) atoms. The second-order valence-corrected chi connectivity index (χ2v) is 7.31. The van der Waals surface area contributed by atoms with E-state index in [1.165, 1.54) is 4.31 Å². The largest absolute Gasteiger partial charge is 0.492 e. The number of para-hydroxylation sites is 1. The summed E-state index contributed by atoms with van der Waals surface area (Å²) >= 11 is 0. The van der Waals surface area contributed by atoms with Crippen molar-refractivity contribution in [3.05, 3.63) is 54.9 Å². The predicted octanol–water partition coefficient (Wildman–Crippen LogP) is 1.55. The molecule has 2 heterocycles. The molecule has 3 rings (SSSR count). The van der Waals surface area contributed by atoms with Crippen LogP contribution in [0.2, 0.25) is 0 Å². The first-order chi connectivity index (χ1) is 11.1. The molecule has 1 aliphatic rings. The zero-order valence-corrected chi connectivity index (χ0v) is 13.4. The molecule has 122 valence electrons. The molecule has 1 saturated heterocycles. The molecule has 6 nitrogen and oxygen atoms in total. The molecule has 1 aromatic carbocycles. The van der Waals surface area contributed by atoms with Crippen molar-refractivity contribution in [1.82, 2.24) is 9.29 Å². The summed E-state index contributed by atoms with van der Waals surface area (Å²) in [7, 11) is -3.31. The van der Waals surface area contributed by atoms with E-state index in [1.807, 2.05) is 18.2 Å². The number of hydrogen-bond acceptors (Lipinski definition) is 5. The highest BCUT2D eigenvalue weighted by atomic mass is 32.2. The molecule has 0 aliphatic carbocycles. The summed E-state index contributed by atoms with van der Waals surface area (Å²) in [4.78, 5) is 3.96. The summed E-state index contributed by atoms with van der Waals surface area (Å²) in [6, 6.07) is 12.8. The molecular weight excluding hydrogens is 316 g/mol. The quantitative estimate of drug-likeness (QED) is 0.768. The van der Waals surface area contributed by atoms with Crippen LogP contribution in [-0.4, -0.2) is 49.3 Å². The Morgan fingerprint density at radius 2 is 1.83 bits per heavy atom. The minimum Gasteiger partial charge on any atom is -0.492 e. The predicted molar refractivity (Wildman–Crippen MR) is 85.9 cm³/mol. The van der Waals surface area contributed by atoms with Crippen molar-refractivity contribution in [1.29, 1.82) is 0 Å². The van der Waals surface area contributed by atoms with Crippen molar-refractivity contribution >= 4 is 10.0 Å². The summed E-state index contributed by atoms with van der Waals surface area (Å²) in [5, 5.41) is 0. The Labute approximate surface area is 135 Å². The van der Waals surface area contributed by atoms with Gasteiger partial charge in [-0.25, -0.2) is 8.42 Å². The van der Waals surface area contributed by atoms with Gasteiger partial charge in [0.2, 0.25) is 10.0 Å². The fraction of sp³-hybridized carbons (Fsp3) is 0.312. The summed E-state index contributed by atoms with van der Waals surface area (Å²) in [5.41, 5.74) is 0. The van der Waals surface area contributed by atoms with Gasteiger partial charge >= 0.3 is 0 Å². The number of benzene rings is 1.